The number of nitrogens with two attached hydrogens (primary N) is 1. The Hall–Kier alpha value is -1.13. The second-order valence-electron chi connectivity index (χ2n) is 2.56. The molecule has 1 atom stereocenters. The van der Waals surface area contributed by atoms with Gasteiger partial charge in [0.25, 0.3) is 0 Å². The van der Waals surface area contributed by atoms with E-state index in [4.69, 9.17) is 5.73 Å². The van der Waals surface area contributed by atoms with Gasteiger partial charge in [-0.2, -0.15) is 0 Å². The van der Waals surface area contributed by atoms with Crippen LogP contribution in [0.2, 0.25) is 0 Å². The number of ether oxygens (including phenoxy) is 1. The molecule has 0 saturated carbocycles. The fourth-order valence-corrected chi connectivity index (χ4v) is 0.963. The number of hydrogen-bond acceptors (Lipinski definition) is 3. The van der Waals surface area contributed by atoms with E-state index in [-0.39, 0.29) is 12.4 Å². The molecule has 78 valence electrons. The molecule has 0 aliphatic heterocycles. The summed E-state index contributed by atoms with van der Waals surface area (Å²) in [5.74, 6) is -0.998. The molecule has 1 rings (SSSR count). The smallest absolute Gasteiger partial charge is 0.327 e. The molecule has 0 aliphatic rings. The molecule has 3 nitrogen and oxygen atoms in total. The van der Waals surface area contributed by atoms with Crippen LogP contribution in [0.15, 0.2) is 24.3 Å². The van der Waals surface area contributed by atoms with Crippen molar-refractivity contribution >= 4 is 18.4 Å². The van der Waals surface area contributed by atoms with Crippen LogP contribution in [0, 0.1) is 5.82 Å². The molecule has 1 aromatic rings. The highest BCUT2D eigenvalue weighted by molar-refractivity contribution is 5.85. The van der Waals surface area contributed by atoms with E-state index in [1.54, 1.807) is 6.07 Å². The molecule has 0 aliphatic carbocycles. The van der Waals surface area contributed by atoms with Gasteiger partial charge >= 0.3 is 5.97 Å². The van der Waals surface area contributed by atoms with Crippen molar-refractivity contribution in [3.63, 3.8) is 0 Å². The summed E-state index contributed by atoms with van der Waals surface area (Å²) in [5.41, 5.74) is 5.89. The summed E-state index contributed by atoms with van der Waals surface area (Å²) in [6, 6.07) is 4.65. The highest BCUT2D eigenvalue weighted by Gasteiger charge is 2.15. The third kappa shape index (κ3) is 2.97. The van der Waals surface area contributed by atoms with Gasteiger partial charge in [0.2, 0.25) is 0 Å². The lowest BCUT2D eigenvalue weighted by molar-refractivity contribution is -0.142. The van der Waals surface area contributed by atoms with Crippen LogP contribution in [0.1, 0.15) is 11.6 Å². The lowest BCUT2D eigenvalue weighted by Crippen LogP contribution is -2.22. The second kappa shape index (κ2) is 5.57. The Morgan fingerprint density at radius 2 is 2.21 bits per heavy atom. The van der Waals surface area contributed by atoms with Gasteiger partial charge < -0.3 is 10.5 Å². The van der Waals surface area contributed by atoms with Crippen molar-refractivity contribution in [1.29, 1.82) is 0 Å². The van der Waals surface area contributed by atoms with Crippen LogP contribution in [0.3, 0.4) is 0 Å². The lowest BCUT2D eigenvalue weighted by Gasteiger charge is -2.08. The van der Waals surface area contributed by atoms with Gasteiger partial charge in [0.15, 0.2) is 0 Å². The molecule has 0 radical (unpaired) electrons. The van der Waals surface area contributed by atoms with Crippen molar-refractivity contribution in [2.75, 3.05) is 7.11 Å². The summed E-state index contributed by atoms with van der Waals surface area (Å²) >= 11 is 0. The Bertz CT molecular complexity index is 319. The van der Waals surface area contributed by atoms with E-state index in [2.05, 4.69) is 4.74 Å². The van der Waals surface area contributed by atoms with Crippen molar-refractivity contribution in [1.82, 2.24) is 0 Å². The Morgan fingerprint density at radius 1 is 1.57 bits per heavy atom. The van der Waals surface area contributed by atoms with Gasteiger partial charge in [-0.25, -0.2) is 4.39 Å². The zero-order chi connectivity index (χ0) is 9.84. The first kappa shape index (κ1) is 12.9. The van der Waals surface area contributed by atoms with Crippen molar-refractivity contribution in [3.05, 3.63) is 35.6 Å². The van der Waals surface area contributed by atoms with E-state index in [1.807, 2.05) is 0 Å². The molecule has 0 saturated heterocycles. The molecule has 1 aromatic carbocycles. The van der Waals surface area contributed by atoms with Gasteiger partial charge in [0, 0.05) is 0 Å². The van der Waals surface area contributed by atoms with Crippen LogP contribution < -0.4 is 5.73 Å². The maximum Gasteiger partial charge on any atom is 0.327 e. The van der Waals surface area contributed by atoms with Gasteiger partial charge in [-0.3, -0.25) is 4.79 Å². The van der Waals surface area contributed by atoms with Gasteiger partial charge in [-0.15, -0.1) is 12.4 Å². The van der Waals surface area contributed by atoms with E-state index in [1.165, 1.54) is 25.3 Å². The standard InChI is InChI=1S/C9H10FNO2.ClH/c1-13-9(12)8(11)6-3-2-4-7(10)5-6;/h2-5,8H,11H2,1H3;1H/t8-;/m1./s1. The summed E-state index contributed by atoms with van der Waals surface area (Å²) in [6.45, 7) is 0. The quantitative estimate of drug-likeness (QED) is 0.766. The predicted octanol–water partition coefficient (Wildman–Crippen LogP) is 1.42. The van der Waals surface area contributed by atoms with Crippen LogP contribution in [-0.2, 0) is 9.53 Å². The van der Waals surface area contributed by atoms with Crippen molar-refractivity contribution < 1.29 is 13.9 Å². The predicted molar refractivity (Wildman–Crippen MR) is 52.6 cm³/mol. The van der Waals surface area contributed by atoms with Crippen LogP contribution in [-0.4, -0.2) is 13.1 Å². The summed E-state index contributed by atoms with van der Waals surface area (Å²) < 4.78 is 17.1. The van der Waals surface area contributed by atoms with Crippen LogP contribution in [0.5, 0.6) is 0 Å². The Kier molecular flexibility index (Phi) is 5.12. The average Bonchev–Trinajstić information content (AvgIpc) is 2.15. The van der Waals surface area contributed by atoms with E-state index in [0.717, 1.165) is 0 Å². The summed E-state index contributed by atoms with van der Waals surface area (Å²) in [7, 11) is 1.24. The minimum Gasteiger partial charge on any atom is -0.468 e. The molecular formula is C9H11ClFNO2. The molecule has 0 amide bonds. The minimum atomic E-state index is -0.916. The monoisotopic (exact) mass is 219 g/mol. The zero-order valence-electron chi connectivity index (χ0n) is 7.57. The molecule has 5 heteroatoms. The largest absolute Gasteiger partial charge is 0.468 e. The number of methoxy groups -OCH3 is 1. The third-order valence-corrected chi connectivity index (χ3v) is 1.66. The van der Waals surface area contributed by atoms with E-state index >= 15 is 0 Å². The highest BCUT2D eigenvalue weighted by atomic mass is 35.5. The number of hydrogen-bond donors (Lipinski definition) is 1. The highest BCUT2D eigenvalue weighted by Crippen LogP contribution is 2.12. The Labute approximate surface area is 87.5 Å². The van der Waals surface area contributed by atoms with Crippen molar-refractivity contribution in [3.8, 4) is 0 Å². The van der Waals surface area contributed by atoms with Crippen molar-refractivity contribution in [2.24, 2.45) is 5.73 Å². The summed E-state index contributed by atoms with van der Waals surface area (Å²) in [5, 5.41) is 0. The zero-order valence-corrected chi connectivity index (χ0v) is 8.38. The second-order valence-corrected chi connectivity index (χ2v) is 2.56. The van der Waals surface area contributed by atoms with Crippen LogP contribution in [0.4, 0.5) is 4.39 Å². The molecule has 0 spiro atoms. The average molecular weight is 220 g/mol. The SMILES string of the molecule is COC(=O)[C@H](N)c1cccc(F)c1.Cl. The number of rotatable bonds is 2. The van der Waals surface area contributed by atoms with E-state index in [0.29, 0.717) is 5.56 Å². The number of benzene rings is 1. The molecule has 0 heterocycles. The van der Waals surface area contributed by atoms with Gasteiger partial charge in [0.05, 0.1) is 7.11 Å². The molecule has 0 fully saturated rings. The Morgan fingerprint density at radius 3 is 2.71 bits per heavy atom. The van der Waals surface area contributed by atoms with E-state index < -0.39 is 17.8 Å². The molecular weight excluding hydrogens is 209 g/mol. The molecule has 14 heavy (non-hydrogen) atoms. The first-order valence-corrected chi connectivity index (χ1v) is 3.74. The number of halogens is 2. The van der Waals surface area contributed by atoms with Crippen molar-refractivity contribution in [2.45, 2.75) is 6.04 Å². The first-order chi connectivity index (χ1) is 6.15. The summed E-state index contributed by atoms with van der Waals surface area (Å²) in [4.78, 5) is 11.0. The fraction of sp³-hybridized carbons (Fsp3) is 0.222. The lowest BCUT2D eigenvalue weighted by atomic mass is 10.1. The maximum atomic E-state index is 12.7. The van der Waals surface area contributed by atoms with Gasteiger partial charge in [-0.05, 0) is 17.7 Å². The topological polar surface area (TPSA) is 52.3 Å². The molecule has 0 bridgehead atoms. The number of esters is 1. The van der Waals surface area contributed by atoms with Gasteiger partial charge in [0.1, 0.15) is 11.9 Å². The molecule has 2 N–H and O–H groups in total. The minimum absolute atomic E-state index is 0. The maximum absolute atomic E-state index is 12.7. The van der Waals surface area contributed by atoms with Crippen LogP contribution in [0.25, 0.3) is 0 Å². The first-order valence-electron chi connectivity index (χ1n) is 3.74. The fourth-order valence-electron chi connectivity index (χ4n) is 0.963. The molecule has 0 aromatic heterocycles. The van der Waals surface area contributed by atoms with E-state index in [9.17, 15) is 9.18 Å². The normalized spacial score (nSPS) is 11.4. The number of carbonyl (C=O) groups is 1. The summed E-state index contributed by atoms with van der Waals surface area (Å²) in [6.07, 6.45) is 0. The van der Waals surface area contributed by atoms with Gasteiger partial charge in [-0.1, -0.05) is 12.1 Å². The van der Waals surface area contributed by atoms with Crippen LogP contribution >= 0.6 is 12.4 Å². The number of carbonyl (C=O) groups excluding carboxylic acids is 1. The molecule has 0 unspecified atom stereocenters. The Balaban J connectivity index is 0.00000169. The third-order valence-electron chi connectivity index (χ3n) is 1.66.